The van der Waals surface area contributed by atoms with Crippen molar-refractivity contribution in [2.45, 2.75) is 18.5 Å². The summed E-state index contributed by atoms with van der Waals surface area (Å²) in [5.41, 5.74) is 2.99. The summed E-state index contributed by atoms with van der Waals surface area (Å²) in [7, 11) is 0.909. The van der Waals surface area contributed by atoms with Gasteiger partial charge in [0, 0.05) is 6.54 Å². The maximum absolute atomic E-state index is 13.2. The quantitative estimate of drug-likeness (QED) is 0.846. The van der Waals surface area contributed by atoms with Gasteiger partial charge >= 0.3 is 12.1 Å². The topological polar surface area (TPSA) is 52.3 Å². The minimum atomic E-state index is -4.82. The number of methoxy groups -OCH3 is 1. The van der Waals surface area contributed by atoms with Crippen LogP contribution in [0.5, 0.6) is 0 Å². The summed E-state index contributed by atoms with van der Waals surface area (Å²) in [6.07, 6.45) is -4.82. The predicted octanol–water partition coefficient (Wildman–Crippen LogP) is 1.93. The number of carbonyl (C=O) groups excluding carboxylic acids is 1. The first-order chi connectivity index (χ1) is 8.29. The van der Waals surface area contributed by atoms with Gasteiger partial charge in [-0.3, -0.25) is 4.79 Å². The van der Waals surface area contributed by atoms with E-state index in [2.05, 4.69) is 4.74 Å². The van der Waals surface area contributed by atoms with E-state index in [1.54, 1.807) is 6.92 Å². The monoisotopic (exact) mass is 261 g/mol. The Labute approximate surface area is 103 Å². The molecule has 0 heterocycles. The maximum Gasteiger partial charge on any atom is 0.410 e. The molecule has 0 saturated carbocycles. The second kappa shape index (κ2) is 4.97. The van der Waals surface area contributed by atoms with Gasteiger partial charge in [0.25, 0.3) is 0 Å². The van der Waals surface area contributed by atoms with Crippen molar-refractivity contribution in [1.29, 1.82) is 0 Å². The zero-order valence-electron chi connectivity index (χ0n) is 10.0. The highest BCUT2D eigenvalue weighted by Gasteiger charge is 2.61. The van der Waals surface area contributed by atoms with Crippen LogP contribution in [0.4, 0.5) is 13.2 Å². The van der Waals surface area contributed by atoms with Crippen LogP contribution in [-0.4, -0.2) is 25.8 Å². The molecule has 18 heavy (non-hydrogen) atoms. The lowest BCUT2D eigenvalue weighted by Gasteiger charge is -2.32. The van der Waals surface area contributed by atoms with Crippen molar-refractivity contribution in [3.8, 4) is 0 Å². The van der Waals surface area contributed by atoms with E-state index >= 15 is 0 Å². The molecule has 3 nitrogen and oxygen atoms in total. The Morgan fingerprint density at radius 2 is 1.78 bits per heavy atom. The summed E-state index contributed by atoms with van der Waals surface area (Å²) in [4.78, 5) is 11.6. The first-order valence-corrected chi connectivity index (χ1v) is 5.22. The fourth-order valence-corrected chi connectivity index (χ4v) is 1.73. The molecule has 0 aliphatic carbocycles. The van der Waals surface area contributed by atoms with Crippen LogP contribution in [0.1, 0.15) is 11.1 Å². The third-order valence-electron chi connectivity index (χ3n) is 2.87. The smallest absolute Gasteiger partial charge is 0.410 e. The lowest BCUT2D eigenvalue weighted by atomic mass is 9.79. The normalized spacial score (nSPS) is 15.0. The van der Waals surface area contributed by atoms with E-state index in [1.165, 1.54) is 24.3 Å². The van der Waals surface area contributed by atoms with Gasteiger partial charge < -0.3 is 10.5 Å². The van der Waals surface area contributed by atoms with Crippen LogP contribution >= 0.6 is 0 Å². The number of benzene rings is 1. The van der Waals surface area contributed by atoms with Crippen LogP contribution < -0.4 is 5.73 Å². The highest BCUT2D eigenvalue weighted by atomic mass is 19.4. The van der Waals surface area contributed by atoms with Crippen LogP contribution in [0.15, 0.2) is 24.3 Å². The molecule has 1 unspecified atom stereocenters. The van der Waals surface area contributed by atoms with E-state index < -0.39 is 24.1 Å². The van der Waals surface area contributed by atoms with Gasteiger partial charge in [0.2, 0.25) is 0 Å². The molecule has 0 aliphatic rings. The molecule has 2 N–H and O–H groups in total. The number of nitrogens with two attached hydrogens (primary N) is 1. The van der Waals surface area contributed by atoms with Gasteiger partial charge in [0.05, 0.1) is 7.11 Å². The number of aryl methyl sites for hydroxylation is 1. The number of esters is 1. The molecule has 0 saturated heterocycles. The van der Waals surface area contributed by atoms with Gasteiger partial charge in [0.1, 0.15) is 0 Å². The first kappa shape index (κ1) is 14.5. The van der Waals surface area contributed by atoms with Crippen LogP contribution in [-0.2, 0) is 14.9 Å². The molecule has 0 amide bonds. The van der Waals surface area contributed by atoms with Crippen molar-refractivity contribution in [3.05, 3.63) is 35.4 Å². The van der Waals surface area contributed by atoms with Gasteiger partial charge in [-0.15, -0.1) is 0 Å². The minimum Gasteiger partial charge on any atom is -0.468 e. The van der Waals surface area contributed by atoms with E-state index in [1.807, 2.05) is 0 Å². The molecule has 1 aromatic carbocycles. The fourth-order valence-electron chi connectivity index (χ4n) is 1.73. The van der Waals surface area contributed by atoms with E-state index in [0.717, 1.165) is 12.7 Å². The van der Waals surface area contributed by atoms with Crippen molar-refractivity contribution in [2.75, 3.05) is 13.7 Å². The van der Waals surface area contributed by atoms with Gasteiger partial charge in [-0.2, -0.15) is 13.2 Å². The zero-order chi connectivity index (χ0) is 14.0. The van der Waals surface area contributed by atoms with Crippen LogP contribution in [0, 0.1) is 6.92 Å². The summed E-state index contributed by atoms with van der Waals surface area (Å²) >= 11 is 0. The molecule has 0 fully saturated rings. The van der Waals surface area contributed by atoms with Crippen LogP contribution in [0.25, 0.3) is 0 Å². The number of hydrogen-bond acceptors (Lipinski definition) is 3. The summed E-state index contributed by atoms with van der Waals surface area (Å²) in [6, 6.07) is 5.47. The SMILES string of the molecule is COC(=O)C(CN)(c1ccc(C)cc1)C(F)(F)F. The zero-order valence-corrected chi connectivity index (χ0v) is 10.0. The molecular formula is C12H14F3NO2. The molecule has 100 valence electrons. The summed E-state index contributed by atoms with van der Waals surface area (Å²) in [5.74, 6) is -1.40. The summed E-state index contributed by atoms with van der Waals surface area (Å²) < 4.78 is 43.9. The number of halogens is 3. The van der Waals surface area contributed by atoms with Crippen molar-refractivity contribution < 1.29 is 22.7 Å². The molecule has 0 aliphatic heterocycles. The Bertz CT molecular complexity index is 428. The van der Waals surface area contributed by atoms with Gasteiger partial charge in [-0.25, -0.2) is 0 Å². The standard InChI is InChI=1S/C12H14F3NO2/c1-8-3-5-9(6-4-8)11(7-16,10(17)18-2)12(13,14)15/h3-6H,7,16H2,1-2H3. The number of alkyl halides is 3. The lowest BCUT2D eigenvalue weighted by molar-refractivity contribution is -0.205. The Morgan fingerprint density at radius 1 is 1.28 bits per heavy atom. The third kappa shape index (κ3) is 2.20. The molecule has 0 aromatic heterocycles. The van der Waals surface area contributed by atoms with Crippen molar-refractivity contribution >= 4 is 5.97 Å². The van der Waals surface area contributed by atoms with Crippen LogP contribution in [0.2, 0.25) is 0 Å². The van der Waals surface area contributed by atoms with Gasteiger partial charge in [0.15, 0.2) is 5.41 Å². The Morgan fingerprint density at radius 3 is 2.11 bits per heavy atom. The van der Waals surface area contributed by atoms with Crippen molar-refractivity contribution in [3.63, 3.8) is 0 Å². The third-order valence-corrected chi connectivity index (χ3v) is 2.87. The van der Waals surface area contributed by atoms with E-state index in [-0.39, 0.29) is 5.56 Å². The number of hydrogen-bond donors (Lipinski definition) is 1. The second-order valence-electron chi connectivity index (χ2n) is 3.96. The summed E-state index contributed by atoms with van der Waals surface area (Å²) in [5, 5.41) is 0. The molecule has 6 heteroatoms. The molecule has 0 radical (unpaired) electrons. The molecule has 1 aromatic rings. The van der Waals surface area contributed by atoms with Gasteiger partial charge in [-0.1, -0.05) is 29.8 Å². The fraction of sp³-hybridized carbons (Fsp3) is 0.417. The Kier molecular flexibility index (Phi) is 4.01. The van der Waals surface area contributed by atoms with Crippen molar-refractivity contribution in [2.24, 2.45) is 5.73 Å². The Hall–Kier alpha value is -1.56. The Balaban J connectivity index is 3.45. The highest BCUT2D eigenvalue weighted by Crippen LogP contribution is 2.41. The number of ether oxygens (including phenoxy) is 1. The highest BCUT2D eigenvalue weighted by molar-refractivity contribution is 5.84. The molecule has 1 atom stereocenters. The largest absolute Gasteiger partial charge is 0.468 e. The molecule has 1 rings (SSSR count). The van der Waals surface area contributed by atoms with Crippen molar-refractivity contribution in [1.82, 2.24) is 0 Å². The minimum absolute atomic E-state index is 0.213. The summed E-state index contributed by atoms with van der Waals surface area (Å²) in [6.45, 7) is 0.839. The van der Waals surface area contributed by atoms with E-state index in [0.29, 0.717) is 0 Å². The molecule has 0 bridgehead atoms. The number of rotatable bonds is 3. The lowest BCUT2D eigenvalue weighted by Crippen LogP contribution is -2.55. The maximum atomic E-state index is 13.2. The van der Waals surface area contributed by atoms with Crippen LogP contribution in [0.3, 0.4) is 0 Å². The van der Waals surface area contributed by atoms with E-state index in [4.69, 9.17) is 5.73 Å². The van der Waals surface area contributed by atoms with E-state index in [9.17, 15) is 18.0 Å². The molecule has 0 spiro atoms. The average molecular weight is 261 g/mol. The number of carbonyl (C=O) groups is 1. The predicted molar refractivity (Wildman–Crippen MR) is 60.0 cm³/mol. The average Bonchev–Trinajstić information content (AvgIpc) is 2.30. The first-order valence-electron chi connectivity index (χ1n) is 5.22. The van der Waals surface area contributed by atoms with Gasteiger partial charge in [-0.05, 0) is 12.5 Å². The second-order valence-corrected chi connectivity index (χ2v) is 3.96. The molecular weight excluding hydrogens is 247 g/mol.